The van der Waals surface area contributed by atoms with Crippen LogP contribution in [-0.2, 0) is 4.74 Å². The molecule has 2 unspecified atom stereocenters. The van der Waals surface area contributed by atoms with E-state index in [9.17, 15) is 0 Å². The van der Waals surface area contributed by atoms with Crippen LogP contribution in [0.4, 0.5) is 11.5 Å². The highest BCUT2D eigenvalue weighted by atomic mass is 16.5. The summed E-state index contributed by atoms with van der Waals surface area (Å²) >= 11 is 0. The van der Waals surface area contributed by atoms with Gasteiger partial charge >= 0.3 is 0 Å². The van der Waals surface area contributed by atoms with Gasteiger partial charge < -0.3 is 19.9 Å². The maximum Gasteiger partial charge on any atom is 0.182 e. The van der Waals surface area contributed by atoms with Crippen LogP contribution in [0.3, 0.4) is 0 Å². The molecule has 3 fully saturated rings. The molecule has 0 amide bonds. The Labute approximate surface area is 169 Å². The predicted molar refractivity (Wildman–Crippen MR) is 110 cm³/mol. The molecule has 3 aliphatic rings. The summed E-state index contributed by atoms with van der Waals surface area (Å²) in [5, 5.41) is 15.7. The van der Waals surface area contributed by atoms with Crippen molar-refractivity contribution in [2.24, 2.45) is 0 Å². The molecule has 2 bridgehead atoms. The monoisotopic (exact) mass is 394 g/mol. The van der Waals surface area contributed by atoms with Crippen LogP contribution in [0.15, 0.2) is 24.5 Å². The average molecular weight is 394 g/mol. The number of fused-ring (bicyclic) bond motifs is 3. The van der Waals surface area contributed by atoms with E-state index in [1.54, 1.807) is 0 Å². The van der Waals surface area contributed by atoms with Crippen molar-refractivity contribution in [1.82, 2.24) is 30.1 Å². The molecule has 0 aliphatic carbocycles. The summed E-state index contributed by atoms with van der Waals surface area (Å²) in [6.45, 7) is 7.00. The van der Waals surface area contributed by atoms with Gasteiger partial charge in [0.1, 0.15) is 11.2 Å². The highest BCUT2D eigenvalue weighted by Crippen LogP contribution is 2.34. The second-order valence-electron chi connectivity index (χ2n) is 8.34. The van der Waals surface area contributed by atoms with Gasteiger partial charge in [0.2, 0.25) is 0 Å². The van der Waals surface area contributed by atoms with E-state index >= 15 is 0 Å². The van der Waals surface area contributed by atoms with Gasteiger partial charge in [-0.15, -0.1) is 5.10 Å². The first kappa shape index (κ1) is 17.2. The van der Waals surface area contributed by atoms with Gasteiger partial charge in [0, 0.05) is 51.0 Å². The third-order valence-corrected chi connectivity index (χ3v) is 6.38. The molecule has 3 saturated heterocycles. The molecule has 2 N–H and O–H groups in total. The van der Waals surface area contributed by atoms with E-state index < -0.39 is 0 Å². The molecule has 3 aromatic rings. The number of piperazine rings is 1. The number of morpholine rings is 1. The molecule has 3 aliphatic heterocycles. The first-order valence-electron chi connectivity index (χ1n) is 10.5. The summed E-state index contributed by atoms with van der Waals surface area (Å²) in [7, 11) is 0. The van der Waals surface area contributed by atoms with Crippen molar-refractivity contribution in [2.75, 3.05) is 42.5 Å². The number of nitrogens with one attached hydrogen (secondary N) is 2. The van der Waals surface area contributed by atoms with E-state index in [1.165, 1.54) is 5.69 Å². The fourth-order valence-electron chi connectivity index (χ4n) is 4.89. The fourth-order valence-corrected chi connectivity index (χ4v) is 4.89. The number of nitrogens with zero attached hydrogens (tertiary/aromatic N) is 6. The predicted octanol–water partition coefficient (Wildman–Crippen LogP) is 1.29. The molecule has 29 heavy (non-hydrogen) atoms. The zero-order valence-corrected chi connectivity index (χ0v) is 16.6. The van der Waals surface area contributed by atoms with Gasteiger partial charge in [-0.25, -0.2) is 9.50 Å². The van der Waals surface area contributed by atoms with Crippen molar-refractivity contribution < 1.29 is 4.74 Å². The van der Waals surface area contributed by atoms with Crippen LogP contribution >= 0.6 is 0 Å². The highest BCUT2D eigenvalue weighted by Gasteiger charge is 2.35. The van der Waals surface area contributed by atoms with Crippen LogP contribution in [0.1, 0.15) is 19.8 Å². The van der Waals surface area contributed by atoms with Crippen LogP contribution in [0, 0.1) is 0 Å². The maximum absolute atomic E-state index is 6.05. The molecule has 0 spiro atoms. The zero-order chi connectivity index (χ0) is 19.4. The number of hydrogen-bond acceptors (Lipinski definition) is 7. The minimum atomic E-state index is 0.321. The quantitative estimate of drug-likeness (QED) is 0.692. The lowest BCUT2D eigenvalue weighted by molar-refractivity contribution is 0.0301. The molecular weight excluding hydrogens is 368 g/mol. The van der Waals surface area contributed by atoms with Crippen molar-refractivity contribution >= 4 is 17.0 Å². The first-order valence-corrected chi connectivity index (χ1v) is 10.5. The molecular formula is C20H26N8O. The van der Waals surface area contributed by atoms with Crippen LogP contribution in [0.2, 0.25) is 0 Å². The molecule has 6 rings (SSSR count). The van der Waals surface area contributed by atoms with Gasteiger partial charge in [-0.2, -0.15) is 5.10 Å². The van der Waals surface area contributed by atoms with Gasteiger partial charge in [0.05, 0.1) is 24.1 Å². The Balaban J connectivity index is 1.50. The summed E-state index contributed by atoms with van der Waals surface area (Å²) < 4.78 is 8.01. The molecule has 0 radical (unpaired) electrons. The van der Waals surface area contributed by atoms with Gasteiger partial charge in [-0.1, -0.05) is 0 Å². The Bertz CT molecular complexity index is 1000. The van der Waals surface area contributed by atoms with Crippen LogP contribution < -0.4 is 15.1 Å². The largest absolute Gasteiger partial charge is 0.371 e. The number of anilines is 2. The summed E-state index contributed by atoms with van der Waals surface area (Å²) in [5.41, 5.74) is 3.02. The standard InChI is InChI=1S/C20H26N8O/c1-13-9-21-6-7-27(13)17-8-19(26-11-14-2-3-15(12-26)29-14)25-28-18(17)10-22-20(28)16-4-5-23-24-16/h4-5,8,10,13-15,21H,2-3,6-7,9,11-12H2,1H3,(H,23,24)/t13-,14?,15?/m1/s1. The van der Waals surface area contributed by atoms with Crippen molar-refractivity contribution in [3.05, 3.63) is 24.5 Å². The molecule has 0 aromatic carbocycles. The molecule has 152 valence electrons. The first-order chi connectivity index (χ1) is 14.3. The topological polar surface area (TPSA) is 86.6 Å². The smallest absolute Gasteiger partial charge is 0.182 e. The number of imidazole rings is 1. The third-order valence-electron chi connectivity index (χ3n) is 6.38. The molecule has 3 atom stereocenters. The Kier molecular flexibility index (Phi) is 3.98. The molecule has 9 heteroatoms. The van der Waals surface area contributed by atoms with Gasteiger partial charge in [0.15, 0.2) is 11.6 Å². The van der Waals surface area contributed by atoms with E-state index in [4.69, 9.17) is 9.84 Å². The minimum Gasteiger partial charge on any atom is -0.371 e. The molecule has 9 nitrogen and oxygen atoms in total. The van der Waals surface area contributed by atoms with E-state index in [0.29, 0.717) is 18.2 Å². The maximum atomic E-state index is 6.05. The van der Waals surface area contributed by atoms with Crippen LogP contribution in [-0.4, -0.2) is 75.8 Å². The lowest BCUT2D eigenvalue weighted by atomic mass is 10.2. The zero-order valence-electron chi connectivity index (χ0n) is 16.6. The SMILES string of the molecule is C[C@@H]1CNCCN1c1cc(N2CC3CCC(C2)O3)nn2c(-c3cc[nH]n3)ncc12. The van der Waals surface area contributed by atoms with Gasteiger partial charge in [-0.05, 0) is 25.8 Å². The number of H-pyrrole nitrogens is 1. The third kappa shape index (κ3) is 2.87. The second-order valence-corrected chi connectivity index (χ2v) is 8.34. The second kappa shape index (κ2) is 6.70. The summed E-state index contributed by atoms with van der Waals surface area (Å²) in [4.78, 5) is 9.54. The van der Waals surface area contributed by atoms with E-state index in [1.807, 2.05) is 23.0 Å². The Morgan fingerprint density at radius 2 is 2.07 bits per heavy atom. The lowest BCUT2D eigenvalue weighted by Gasteiger charge is -2.37. The molecule has 6 heterocycles. The van der Waals surface area contributed by atoms with Gasteiger partial charge in [-0.3, -0.25) is 5.10 Å². The summed E-state index contributed by atoms with van der Waals surface area (Å²) in [6, 6.07) is 4.59. The number of rotatable bonds is 3. The molecule has 3 aromatic heterocycles. The van der Waals surface area contributed by atoms with E-state index in [2.05, 4.69) is 43.3 Å². The van der Waals surface area contributed by atoms with Crippen molar-refractivity contribution in [3.63, 3.8) is 0 Å². The lowest BCUT2D eigenvalue weighted by Crippen LogP contribution is -2.50. The van der Waals surface area contributed by atoms with Crippen LogP contribution in [0.5, 0.6) is 0 Å². The summed E-state index contributed by atoms with van der Waals surface area (Å²) in [6.07, 6.45) is 6.68. The summed E-state index contributed by atoms with van der Waals surface area (Å²) in [5.74, 6) is 1.76. The van der Waals surface area contributed by atoms with Gasteiger partial charge in [0.25, 0.3) is 0 Å². The van der Waals surface area contributed by atoms with E-state index in [-0.39, 0.29) is 0 Å². The fraction of sp³-hybridized carbons (Fsp3) is 0.550. The van der Waals surface area contributed by atoms with Crippen molar-refractivity contribution in [1.29, 1.82) is 0 Å². The van der Waals surface area contributed by atoms with E-state index in [0.717, 1.165) is 68.4 Å². The number of aromatic nitrogens is 5. The normalized spacial score (nSPS) is 27.1. The highest BCUT2D eigenvalue weighted by molar-refractivity contribution is 5.78. The van der Waals surface area contributed by atoms with Crippen molar-refractivity contribution in [3.8, 4) is 11.5 Å². The number of ether oxygens (including phenoxy) is 1. The average Bonchev–Trinajstić information content (AvgIpc) is 3.47. The Morgan fingerprint density at radius 3 is 2.83 bits per heavy atom. The number of aromatic amines is 1. The Hall–Kier alpha value is -2.65. The Morgan fingerprint density at radius 1 is 1.21 bits per heavy atom. The number of hydrogen-bond donors (Lipinski definition) is 2. The van der Waals surface area contributed by atoms with Crippen LogP contribution in [0.25, 0.3) is 17.0 Å². The molecule has 0 saturated carbocycles. The minimum absolute atomic E-state index is 0.321. The van der Waals surface area contributed by atoms with Crippen molar-refractivity contribution in [2.45, 2.75) is 38.0 Å².